The second-order valence-corrected chi connectivity index (χ2v) is 7.28. The van der Waals surface area contributed by atoms with Crippen LogP contribution in [0.4, 0.5) is 5.82 Å². The molecule has 0 radical (unpaired) electrons. The van der Waals surface area contributed by atoms with Crippen LogP contribution >= 0.6 is 11.8 Å². The first-order chi connectivity index (χ1) is 11.2. The van der Waals surface area contributed by atoms with Gasteiger partial charge >= 0.3 is 0 Å². The van der Waals surface area contributed by atoms with E-state index in [9.17, 15) is 0 Å². The number of anilines is 1. The van der Waals surface area contributed by atoms with Crippen LogP contribution in [0.2, 0.25) is 0 Å². The Balaban J connectivity index is 1.92. The average Bonchev–Trinajstić information content (AvgIpc) is 2.61. The number of aromatic nitrogens is 3. The lowest BCUT2D eigenvalue weighted by Crippen LogP contribution is -2.37. The molecular formula is C17H22N4OS. The van der Waals surface area contributed by atoms with Crippen LogP contribution in [0.5, 0.6) is 0 Å². The molecule has 0 N–H and O–H groups in total. The smallest absolute Gasteiger partial charge is 0.180 e. The van der Waals surface area contributed by atoms with Crippen molar-refractivity contribution in [2.45, 2.75) is 24.9 Å². The van der Waals surface area contributed by atoms with Crippen molar-refractivity contribution < 1.29 is 4.74 Å². The van der Waals surface area contributed by atoms with Crippen LogP contribution in [0, 0.1) is 0 Å². The summed E-state index contributed by atoms with van der Waals surface area (Å²) in [6.45, 7) is 7.64. The summed E-state index contributed by atoms with van der Waals surface area (Å²) in [6.07, 6.45) is 1.78. The number of ether oxygens (including phenoxy) is 1. The minimum Gasteiger partial charge on any atom is -0.378 e. The Kier molecular flexibility index (Phi) is 5.46. The first-order valence-corrected chi connectivity index (χ1v) is 9.01. The molecular weight excluding hydrogens is 308 g/mol. The third-order valence-electron chi connectivity index (χ3n) is 3.56. The van der Waals surface area contributed by atoms with Gasteiger partial charge in [0.05, 0.1) is 18.9 Å². The number of hydrogen-bond donors (Lipinski definition) is 0. The van der Waals surface area contributed by atoms with E-state index in [1.165, 1.54) is 0 Å². The van der Waals surface area contributed by atoms with Gasteiger partial charge in [-0.2, -0.15) is 11.8 Å². The molecule has 0 spiro atoms. The van der Waals surface area contributed by atoms with Gasteiger partial charge in [0.1, 0.15) is 11.5 Å². The number of nitrogens with zero attached hydrogens (tertiary/aromatic N) is 4. The third kappa shape index (κ3) is 4.42. The highest BCUT2D eigenvalue weighted by atomic mass is 32.2. The summed E-state index contributed by atoms with van der Waals surface area (Å²) in [5.74, 6) is 2.56. The Labute approximate surface area is 141 Å². The number of morpholine rings is 1. The zero-order valence-electron chi connectivity index (χ0n) is 13.6. The molecule has 122 valence electrons. The van der Waals surface area contributed by atoms with E-state index < -0.39 is 0 Å². The summed E-state index contributed by atoms with van der Waals surface area (Å²) < 4.78 is 5.44. The molecule has 1 saturated heterocycles. The lowest BCUT2D eigenvalue weighted by molar-refractivity contribution is 0.122. The molecule has 3 heterocycles. The lowest BCUT2D eigenvalue weighted by atomic mass is 10.3. The molecule has 1 aliphatic rings. The normalized spacial score (nSPS) is 15.2. The highest BCUT2D eigenvalue weighted by Gasteiger charge is 2.16. The van der Waals surface area contributed by atoms with Gasteiger partial charge in [0.2, 0.25) is 0 Å². The number of pyridine rings is 1. The lowest BCUT2D eigenvalue weighted by Gasteiger charge is -2.28. The van der Waals surface area contributed by atoms with Gasteiger partial charge in [-0.25, -0.2) is 9.97 Å². The van der Waals surface area contributed by atoms with Crippen LogP contribution in [0.1, 0.15) is 19.5 Å². The Hall–Kier alpha value is -1.66. The first-order valence-electron chi connectivity index (χ1n) is 7.96. The molecule has 0 aromatic carbocycles. The number of thioether (sulfide) groups is 1. The van der Waals surface area contributed by atoms with Gasteiger partial charge in [0.15, 0.2) is 5.82 Å². The van der Waals surface area contributed by atoms with E-state index in [-0.39, 0.29) is 0 Å². The predicted octanol–water partition coefficient (Wildman–Crippen LogP) is 3.02. The van der Waals surface area contributed by atoms with E-state index in [1.54, 1.807) is 6.20 Å². The highest BCUT2D eigenvalue weighted by molar-refractivity contribution is 7.99. The second kappa shape index (κ2) is 7.75. The van der Waals surface area contributed by atoms with Gasteiger partial charge in [0, 0.05) is 31.1 Å². The molecule has 0 saturated carbocycles. The molecule has 1 fully saturated rings. The molecule has 0 aliphatic carbocycles. The quantitative estimate of drug-likeness (QED) is 0.840. The predicted molar refractivity (Wildman–Crippen MR) is 94.7 cm³/mol. The third-order valence-corrected chi connectivity index (χ3v) is 4.69. The van der Waals surface area contributed by atoms with E-state index in [0.717, 1.165) is 49.3 Å². The average molecular weight is 330 g/mol. The fourth-order valence-electron chi connectivity index (χ4n) is 2.37. The SMILES string of the molecule is CC(C)SCc1cc(N2CCOCC2)nc(-c2ccccn2)n1. The van der Waals surface area contributed by atoms with Gasteiger partial charge in [-0.3, -0.25) is 4.98 Å². The van der Waals surface area contributed by atoms with Crippen LogP contribution in [0.15, 0.2) is 30.5 Å². The van der Waals surface area contributed by atoms with Gasteiger partial charge in [-0.15, -0.1) is 0 Å². The molecule has 2 aromatic rings. The minimum atomic E-state index is 0.579. The van der Waals surface area contributed by atoms with Crippen molar-refractivity contribution in [1.82, 2.24) is 15.0 Å². The van der Waals surface area contributed by atoms with Crippen LogP contribution in [-0.2, 0) is 10.5 Å². The van der Waals surface area contributed by atoms with E-state index in [2.05, 4.69) is 29.8 Å². The van der Waals surface area contributed by atoms with E-state index in [4.69, 9.17) is 14.7 Å². The van der Waals surface area contributed by atoms with Gasteiger partial charge < -0.3 is 9.64 Å². The summed E-state index contributed by atoms with van der Waals surface area (Å²) in [5.41, 5.74) is 1.87. The van der Waals surface area contributed by atoms with Gasteiger partial charge in [0.25, 0.3) is 0 Å². The Morgan fingerprint density at radius 1 is 1.22 bits per heavy atom. The van der Waals surface area contributed by atoms with Gasteiger partial charge in [-0.05, 0) is 17.4 Å². The van der Waals surface area contributed by atoms with E-state index >= 15 is 0 Å². The number of rotatable bonds is 5. The topological polar surface area (TPSA) is 51.1 Å². The summed E-state index contributed by atoms with van der Waals surface area (Å²) in [6, 6.07) is 7.94. The fourth-order valence-corrected chi connectivity index (χ4v) is 3.03. The minimum absolute atomic E-state index is 0.579. The van der Waals surface area contributed by atoms with Crippen molar-refractivity contribution in [3.8, 4) is 11.5 Å². The zero-order chi connectivity index (χ0) is 16.1. The van der Waals surface area contributed by atoms with Crippen LogP contribution in [0.3, 0.4) is 0 Å². The molecule has 0 unspecified atom stereocenters. The van der Waals surface area contributed by atoms with E-state index in [1.807, 2.05) is 30.0 Å². The molecule has 0 bridgehead atoms. The maximum Gasteiger partial charge on any atom is 0.180 e. The Morgan fingerprint density at radius 3 is 2.74 bits per heavy atom. The Morgan fingerprint density at radius 2 is 2.04 bits per heavy atom. The Bertz CT molecular complexity index is 630. The number of hydrogen-bond acceptors (Lipinski definition) is 6. The summed E-state index contributed by atoms with van der Waals surface area (Å²) in [5, 5.41) is 0.579. The van der Waals surface area contributed by atoms with Crippen molar-refractivity contribution in [3.63, 3.8) is 0 Å². The molecule has 3 rings (SSSR count). The van der Waals surface area contributed by atoms with Crippen LogP contribution < -0.4 is 4.90 Å². The first kappa shape index (κ1) is 16.2. The molecule has 6 heteroatoms. The van der Waals surface area contributed by atoms with Crippen LogP contribution in [-0.4, -0.2) is 46.5 Å². The molecule has 5 nitrogen and oxygen atoms in total. The van der Waals surface area contributed by atoms with Gasteiger partial charge in [-0.1, -0.05) is 19.9 Å². The van der Waals surface area contributed by atoms with E-state index in [0.29, 0.717) is 11.1 Å². The van der Waals surface area contributed by atoms with Crippen molar-refractivity contribution >= 4 is 17.6 Å². The zero-order valence-corrected chi connectivity index (χ0v) is 14.4. The van der Waals surface area contributed by atoms with Crippen molar-refractivity contribution in [2.24, 2.45) is 0 Å². The molecule has 0 atom stereocenters. The molecule has 23 heavy (non-hydrogen) atoms. The van der Waals surface area contributed by atoms with Crippen molar-refractivity contribution in [1.29, 1.82) is 0 Å². The molecule has 2 aromatic heterocycles. The fraction of sp³-hybridized carbons (Fsp3) is 0.471. The van der Waals surface area contributed by atoms with Crippen molar-refractivity contribution in [3.05, 3.63) is 36.2 Å². The standard InChI is InChI=1S/C17H22N4OS/c1-13(2)23-12-14-11-16(21-7-9-22-10-8-21)20-17(19-14)15-5-3-4-6-18-15/h3-6,11,13H,7-10,12H2,1-2H3. The monoisotopic (exact) mass is 330 g/mol. The highest BCUT2D eigenvalue weighted by Crippen LogP contribution is 2.23. The maximum absolute atomic E-state index is 5.44. The summed E-state index contributed by atoms with van der Waals surface area (Å²) >= 11 is 1.89. The van der Waals surface area contributed by atoms with Crippen molar-refractivity contribution in [2.75, 3.05) is 31.2 Å². The van der Waals surface area contributed by atoms with Crippen LogP contribution in [0.25, 0.3) is 11.5 Å². The summed E-state index contributed by atoms with van der Waals surface area (Å²) in [7, 11) is 0. The second-order valence-electron chi connectivity index (χ2n) is 5.72. The maximum atomic E-state index is 5.44. The molecule has 0 amide bonds. The largest absolute Gasteiger partial charge is 0.378 e. The summed E-state index contributed by atoms with van der Waals surface area (Å²) in [4.78, 5) is 16.1. The molecule has 1 aliphatic heterocycles.